The fourth-order valence-electron chi connectivity index (χ4n) is 0.482. The van der Waals surface area contributed by atoms with E-state index < -0.39 is 0 Å². The molecule has 58 valence electrons. The van der Waals surface area contributed by atoms with Crippen LogP contribution in [0.4, 0.5) is 0 Å². The molecule has 0 fully saturated rings. The Morgan fingerprint density at radius 2 is 2.30 bits per heavy atom. The Morgan fingerprint density at radius 3 is 2.70 bits per heavy atom. The zero-order chi connectivity index (χ0) is 7.98. The van der Waals surface area contributed by atoms with Crippen molar-refractivity contribution in [2.75, 3.05) is 7.11 Å². The molecule has 0 atom stereocenters. The molecule has 0 aromatic carbocycles. The second-order valence-electron chi connectivity index (χ2n) is 1.97. The molecular formula is C8H13ClO. The number of ether oxygens (including phenoxy) is 1. The minimum Gasteiger partial charge on any atom is -0.496 e. The van der Waals surface area contributed by atoms with Crippen LogP contribution in [0.15, 0.2) is 23.4 Å². The van der Waals surface area contributed by atoms with Crippen LogP contribution in [-0.4, -0.2) is 7.11 Å². The summed E-state index contributed by atoms with van der Waals surface area (Å²) in [4.78, 5) is 0. The van der Waals surface area contributed by atoms with E-state index >= 15 is 0 Å². The van der Waals surface area contributed by atoms with Gasteiger partial charge in [-0.25, -0.2) is 0 Å². The maximum atomic E-state index is 5.75. The fourth-order valence-corrected chi connectivity index (χ4v) is 0.669. The number of allylic oxidation sites excluding steroid dienone is 2. The van der Waals surface area contributed by atoms with Crippen molar-refractivity contribution in [3.63, 3.8) is 0 Å². The Hall–Kier alpha value is -0.430. The van der Waals surface area contributed by atoms with E-state index in [0.717, 1.165) is 12.8 Å². The van der Waals surface area contributed by atoms with Gasteiger partial charge in [-0.1, -0.05) is 37.6 Å². The van der Waals surface area contributed by atoms with Gasteiger partial charge in [0.05, 0.1) is 12.1 Å². The lowest BCUT2D eigenvalue weighted by Gasteiger charge is -2.00. The van der Waals surface area contributed by atoms with Crippen LogP contribution in [0.1, 0.15) is 19.8 Å². The van der Waals surface area contributed by atoms with Gasteiger partial charge in [0.1, 0.15) is 5.76 Å². The molecule has 0 amide bonds. The Kier molecular flexibility index (Phi) is 5.13. The van der Waals surface area contributed by atoms with Crippen LogP contribution >= 0.6 is 11.6 Å². The van der Waals surface area contributed by atoms with Crippen LogP contribution in [0.3, 0.4) is 0 Å². The van der Waals surface area contributed by atoms with Crippen molar-refractivity contribution in [3.8, 4) is 0 Å². The lowest BCUT2D eigenvalue weighted by molar-refractivity contribution is 0.306. The van der Waals surface area contributed by atoms with Crippen LogP contribution in [-0.2, 0) is 4.74 Å². The van der Waals surface area contributed by atoms with Gasteiger partial charge in [0, 0.05) is 0 Å². The molecule has 0 rings (SSSR count). The molecule has 0 aromatic rings. The van der Waals surface area contributed by atoms with E-state index in [4.69, 9.17) is 16.3 Å². The topological polar surface area (TPSA) is 9.23 Å². The molecule has 0 saturated heterocycles. The smallest absolute Gasteiger partial charge is 0.129 e. The van der Waals surface area contributed by atoms with Gasteiger partial charge in [-0.15, -0.1) is 0 Å². The van der Waals surface area contributed by atoms with Gasteiger partial charge in [0.25, 0.3) is 0 Å². The molecule has 1 nitrogen and oxygen atoms in total. The van der Waals surface area contributed by atoms with Crippen molar-refractivity contribution in [1.29, 1.82) is 0 Å². The summed E-state index contributed by atoms with van der Waals surface area (Å²) in [5, 5.41) is 0.615. The molecule has 0 N–H and O–H groups in total. The number of unbranched alkanes of at least 4 members (excludes halogenated alkanes) is 1. The number of rotatable bonds is 4. The van der Waals surface area contributed by atoms with E-state index in [1.165, 1.54) is 0 Å². The lowest BCUT2D eigenvalue weighted by Crippen LogP contribution is -1.83. The van der Waals surface area contributed by atoms with Gasteiger partial charge in [-0.2, -0.15) is 0 Å². The largest absolute Gasteiger partial charge is 0.496 e. The normalized spacial score (nSPS) is 11.3. The van der Waals surface area contributed by atoms with Gasteiger partial charge in [0.15, 0.2) is 0 Å². The first-order chi connectivity index (χ1) is 4.72. The van der Waals surface area contributed by atoms with Crippen molar-refractivity contribution in [1.82, 2.24) is 0 Å². The fraction of sp³-hybridized carbons (Fsp3) is 0.500. The Bertz CT molecular complexity index is 138. The summed E-state index contributed by atoms with van der Waals surface area (Å²) in [7, 11) is 1.56. The van der Waals surface area contributed by atoms with Crippen LogP contribution < -0.4 is 0 Å². The quantitative estimate of drug-likeness (QED) is 0.454. The molecule has 0 bridgehead atoms. The minimum absolute atomic E-state index is 0.537. The predicted molar refractivity (Wildman–Crippen MR) is 45.0 cm³/mol. The molecule has 0 radical (unpaired) electrons. The molecule has 0 saturated carbocycles. The first-order valence-corrected chi connectivity index (χ1v) is 3.69. The van der Waals surface area contributed by atoms with E-state index in [0.29, 0.717) is 10.8 Å². The van der Waals surface area contributed by atoms with Crippen LogP contribution in [0.25, 0.3) is 0 Å². The third-order valence-corrected chi connectivity index (χ3v) is 1.49. The highest BCUT2D eigenvalue weighted by Gasteiger charge is 1.95. The molecule has 0 spiro atoms. The second kappa shape index (κ2) is 5.36. The summed E-state index contributed by atoms with van der Waals surface area (Å²) < 4.78 is 4.81. The summed E-state index contributed by atoms with van der Waals surface area (Å²) >= 11 is 5.75. The van der Waals surface area contributed by atoms with E-state index in [9.17, 15) is 0 Å². The van der Waals surface area contributed by atoms with Crippen molar-refractivity contribution in [2.45, 2.75) is 19.8 Å². The van der Waals surface area contributed by atoms with E-state index in [1.54, 1.807) is 7.11 Å². The Labute approximate surface area is 67.3 Å². The highest BCUT2D eigenvalue weighted by atomic mass is 35.5. The molecule has 0 aliphatic carbocycles. The summed E-state index contributed by atoms with van der Waals surface area (Å²) in [6.07, 6.45) is 3.97. The van der Waals surface area contributed by atoms with Gasteiger partial charge in [-0.3, -0.25) is 0 Å². The first kappa shape index (κ1) is 9.57. The van der Waals surface area contributed by atoms with Gasteiger partial charge >= 0.3 is 0 Å². The minimum atomic E-state index is 0.537. The first-order valence-electron chi connectivity index (χ1n) is 3.31. The predicted octanol–water partition coefficient (Wildman–Crippen LogP) is 3.07. The SMILES string of the molecule is C=C(OC)/C(Cl)=C/CCC. The molecule has 0 unspecified atom stereocenters. The maximum absolute atomic E-state index is 5.75. The van der Waals surface area contributed by atoms with E-state index in [2.05, 4.69) is 13.5 Å². The third kappa shape index (κ3) is 3.57. The molecule has 10 heavy (non-hydrogen) atoms. The monoisotopic (exact) mass is 160 g/mol. The number of hydrogen-bond donors (Lipinski definition) is 0. The van der Waals surface area contributed by atoms with Crippen molar-refractivity contribution in [2.24, 2.45) is 0 Å². The third-order valence-electron chi connectivity index (χ3n) is 1.13. The summed E-state index contributed by atoms with van der Waals surface area (Å²) in [5.74, 6) is 0.537. The Morgan fingerprint density at radius 1 is 1.70 bits per heavy atom. The molecule has 0 heterocycles. The van der Waals surface area contributed by atoms with Crippen molar-refractivity contribution in [3.05, 3.63) is 23.4 Å². The number of halogens is 1. The average molecular weight is 161 g/mol. The van der Waals surface area contributed by atoms with Crippen LogP contribution in [0.2, 0.25) is 0 Å². The maximum Gasteiger partial charge on any atom is 0.129 e. The second-order valence-corrected chi connectivity index (χ2v) is 2.38. The molecular weight excluding hydrogens is 148 g/mol. The van der Waals surface area contributed by atoms with Crippen LogP contribution in [0, 0.1) is 0 Å². The summed E-state index contributed by atoms with van der Waals surface area (Å²) in [5.41, 5.74) is 0. The number of hydrogen-bond acceptors (Lipinski definition) is 1. The Balaban J connectivity index is 3.80. The summed E-state index contributed by atoms with van der Waals surface area (Å²) in [6, 6.07) is 0. The molecule has 0 aliphatic heterocycles. The summed E-state index contributed by atoms with van der Waals surface area (Å²) in [6.45, 7) is 5.70. The molecule has 0 aromatic heterocycles. The number of methoxy groups -OCH3 is 1. The van der Waals surface area contributed by atoms with Gasteiger partial charge in [-0.05, 0) is 6.42 Å². The molecule has 2 heteroatoms. The van der Waals surface area contributed by atoms with E-state index in [1.807, 2.05) is 6.08 Å². The van der Waals surface area contributed by atoms with E-state index in [-0.39, 0.29) is 0 Å². The van der Waals surface area contributed by atoms with Crippen molar-refractivity contribution >= 4 is 11.6 Å². The van der Waals surface area contributed by atoms with Crippen molar-refractivity contribution < 1.29 is 4.74 Å². The van der Waals surface area contributed by atoms with Gasteiger partial charge < -0.3 is 4.74 Å². The zero-order valence-electron chi connectivity index (χ0n) is 6.48. The highest BCUT2D eigenvalue weighted by molar-refractivity contribution is 6.31. The lowest BCUT2D eigenvalue weighted by atomic mass is 10.3. The average Bonchev–Trinajstić information content (AvgIpc) is 1.98. The highest BCUT2D eigenvalue weighted by Crippen LogP contribution is 2.13. The zero-order valence-corrected chi connectivity index (χ0v) is 7.24. The standard InChI is InChI=1S/C8H13ClO/c1-4-5-6-8(9)7(2)10-3/h6H,2,4-5H2,1,3H3/b8-6-. The molecule has 0 aliphatic rings. The van der Waals surface area contributed by atoms with Gasteiger partial charge in [0.2, 0.25) is 0 Å². The van der Waals surface area contributed by atoms with Crippen LogP contribution in [0.5, 0.6) is 0 Å².